The van der Waals surface area contributed by atoms with Gasteiger partial charge in [0.25, 0.3) is 10.1 Å². The summed E-state index contributed by atoms with van der Waals surface area (Å²) in [7, 11) is -4.75. The van der Waals surface area contributed by atoms with Crippen LogP contribution in [0.4, 0.5) is 0 Å². The third-order valence-corrected chi connectivity index (χ3v) is 4.91. The van der Waals surface area contributed by atoms with E-state index >= 15 is 0 Å². The van der Waals surface area contributed by atoms with Crippen LogP contribution in [0.15, 0.2) is 12.7 Å². The van der Waals surface area contributed by atoms with Gasteiger partial charge in [-0.2, -0.15) is 8.42 Å². The zero-order valence-corrected chi connectivity index (χ0v) is 16.5. The van der Waals surface area contributed by atoms with Crippen molar-refractivity contribution in [3.8, 4) is 0 Å². The van der Waals surface area contributed by atoms with Gasteiger partial charge in [-0.1, -0.05) is 70.9 Å². The van der Waals surface area contributed by atoms with Crippen LogP contribution in [0.25, 0.3) is 0 Å². The molecule has 0 saturated carbocycles. The largest absolute Gasteiger partial charge is 0.465 e. The molecular weight excluding hydrogens is 360 g/mol. The Kier molecular flexibility index (Phi) is 13.9. The van der Waals surface area contributed by atoms with Crippen LogP contribution in [-0.4, -0.2) is 43.4 Å². The molecule has 0 saturated heterocycles. The smallest absolute Gasteiger partial charge is 0.327 e. The first-order valence-electron chi connectivity index (χ1n) is 9.22. The van der Waals surface area contributed by atoms with Crippen LogP contribution >= 0.6 is 0 Å². The minimum Gasteiger partial charge on any atom is -0.465 e. The highest BCUT2D eigenvalue weighted by atomic mass is 32.2. The van der Waals surface area contributed by atoms with Gasteiger partial charge in [-0.25, -0.2) is 0 Å². The normalized spacial score (nSPS) is 12.4. The van der Waals surface area contributed by atoms with Gasteiger partial charge in [-0.05, 0) is 6.42 Å². The van der Waals surface area contributed by atoms with Crippen LogP contribution in [0.3, 0.4) is 0 Å². The number of unbranched alkanes of at least 4 members (excludes halogenated alkanes) is 8. The van der Waals surface area contributed by atoms with Gasteiger partial charge in [0.1, 0.15) is 6.61 Å². The molecule has 26 heavy (non-hydrogen) atoms. The lowest BCUT2D eigenvalue weighted by molar-refractivity contribution is -0.149. The summed E-state index contributed by atoms with van der Waals surface area (Å²) >= 11 is 0. The van der Waals surface area contributed by atoms with Crippen LogP contribution in [0, 0.1) is 0 Å². The Morgan fingerprint density at radius 3 is 2.04 bits per heavy atom. The van der Waals surface area contributed by atoms with Gasteiger partial charge < -0.3 is 9.47 Å². The quantitative estimate of drug-likeness (QED) is 0.185. The Hall–Kier alpha value is -1.41. The molecule has 1 atom stereocenters. The summed E-state index contributed by atoms with van der Waals surface area (Å²) in [6, 6.07) is 0. The molecule has 0 aromatic carbocycles. The van der Waals surface area contributed by atoms with Crippen LogP contribution in [0.1, 0.15) is 71.1 Å². The molecule has 0 radical (unpaired) electrons. The molecule has 0 amide bonds. The van der Waals surface area contributed by atoms with Gasteiger partial charge in [-0.15, -0.1) is 0 Å². The lowest BCUT2D eigenvalue weighted by atomic mass is 10.1. The van der Waals surface area contributed by atoms with E-state index in [0.717, 1.165) is 19.3 Å². The van der Waals surface area contributed by atoms with Gasteiger partial charge in [0.2, 0.25) is 0 Å². The van der Waals surface area contributed by atoms with E-state index in [4.69, 9.17) is 9.29 Å². The Bertz CT molecular complexity index is 514. The Morgan fingerprint density at radius 2 is 1.54 bits per heavy atom. The number of ether oxygens (including phenoxy) is 2. The molecule has 152 valence electrons. The predicted molar refractivity (Wildman–Crippen MR) is 99.3 cm³/mol. The third kappa shape index (κ3) is 12.9. The van der Waals surface area contributed by atoms with Crippen LogP contribution in [-0.2, 0) is 29.2 Å². The van der Waals surface area contributed by atoms with Gasteiger partial charge in [0.05, 0.1) is 13.0 Å². The second-order valence-electron chi connectivity index (χ2n) is 6.18. The van der Waals surface area contributed by atoms with Crippen molar-refractivity contribution >= 4 is 22.1 Å². The van der Waals surface area contributed by atoms with Gasteiger partial charge in [0.15, 0.2) is 5.25 Å². The summed E-state index contributed by atoms with van der Waals surface area (Å²) in [4.78, 5) is 23.3. The molecule has 0 rings (SSSR count). The minimum absolute atomic E-state index is 0.0579. The van der Waals surface area contributed by atoms with E-state index in [9.17, 15) is 18.0 Å². The van der Waals surface area contributed by atoms with Crippen molar-refractivity contribution in [1.29, 1.82) is 0 Å². The van der Waals surface area contributed by atoms with Crippen molar-refractivity contribution < 1.29 is 32.0 Å². The van der Waals surface area contributed by atoms with Crippen molar-refractivity contribution in [2.75, 3.05) is 13.2 Å². The van der Waals surface area contributed by atoms with Crippen LogP contribution in [0.2, 0.25) is 0 Å². The lowest BCUT2D eigenvalue weighted by Crippen LogP contribution is -2.34. The monoisotopic (exact) mass is 392 g/mol. The molecule has 0 aromatic heterocycles. The van der Waals surface area contributed by atoms with E-state index in [2.05, 4.69) is 18.2 Å². The molecule has 0 aliphatic rings. The van der Waals surface area contributed by atoms with Gasteiger partial charge >= 0.3 is 11.9 Å². The highest BCUT2D eigenvalue weighted by Crippen LogP contribution is 2.11. The predicted octanol–water partition coefficient (Wildman–Crippen LogP) is 3.44. The lowest BCUT2D eigenvalue weighted by Gasteiger charge is -2.12. The fourth-order valence-electron chi connectivity index (χ4n) is 2.35. The van der Waals surface area contributed by atoms with Crippen molar-refractivity contribution in [2.45, 2.75) is 76.4 Å². The summed E-state index contributed by atoms with van der Waals surface area (Å²) in [5.74, 6) is -2.06. The highest BCUT2D eigenvalue weighted by molar-refractivity contribution is 7.87. The molecule has 0 aromatic rings. The third-order valence-electron chi connectivity index (χ3n) is 3.83. The SMILES string of the molecule is C=CCOC(=O)CC(C(=O)OCCCCCCCCCCC)S(=O)(=O)O. The standard InChI is InChI=1S/C18H32O7S/c1-3-5-6-7-8-9-10-11-12-14-25-18(20)16(26(21,22)23)15-17(19)24-13-4-2/h4,16H,2-3,5-15H2,1H3,(H,21,22,23). The zero-order chi connectivity index (χ0) is 19.8. The average molecular weight is 393 g/mol. The number of esters is 2. The van der Waals surface area contributed by atoms with E-state index in [1.165, 1.54) is 38.2 Å². The van der Waals surface area contributed by atoms with Gasteiger partial charge in [0, 0.05) is 0 Å². The van der Waals surface area contributed by atoms with Crippen LogP contribution in [0.5, 0.6) is 0 Å². The first-order chi connectivity index (χ1) is 12.3. The summed E-state index contributed by atoms with van der Waals surface area (Å²) < 4.78 is 41.2. The van der Waals surface area contributed by atoms with E-state index in [1.54, 1.807) is 0 Å². The van der Waals surface area contributed by atoms with E-state index < -0.39 is 33.7 Å². The number of hydrogen-bond donors (Lipinski definition) is 1. The van der Waals surface area contributed by atoms with Crippen molar-refractivity contribution in [3.63, 3.8) is 0 Å². The topological polar surface area (TPSA) is 107 Å². The Balaban J connectivity index is 4.04. The minimum atomic E-state index is -4.75. The Labute approximate surface area is 156 Å². The van der Waals surface area contributed by atoms with Crippen molar-refractivity contribution in [1.82, 2.24) is 0 Å². The molecular formula is C18H32O7S. The first-order valence-corrected chi connectivity index (χ1v) is 10.7. The second kappa shape index (κ2) is 14.7. The van der Waals surface area contributed by atoms with E-state index in [-0.39, 0.29) is 13.2 Å². The molecule has 0 bridgehead atoms. The molecule has 0 spiro atoms. The number of rotatable bonds is 16. The maximum Gasteiger partial charge on any atom is 0.327 e. The number of carbonyl (C=O) groups is 2. The molecule has 0 heterocycles. The molecule has 1 unspecified atom stereocenters. The molecule has 0 fully saturated rings. The van der Waals surface area contributed by atoms with E-state index in [0.29, 0.717) is 6.42 Å². The summed E-state index contributed by atoms with van der Waals surface area (Å²) in [5, 5.41) is -1.96. The number of hydrogen-bond acceptors (Lipinski definition) is 6. The fourth-order valence-corrected chi connectivity index (χ4v) is 3.01. The second-order valence-corrected chi connectivity index (χ2v) is 7.77. The van der Waals surface area contributed by atoms with Crippen molar-refractivity contribution in [3.05, 3.63) is 12.7 Å². The summed E-state index contributed by atoms with van der Waals surface area (Å²) in [6.07, 6.45) is 10.3. The Morgan fingerprint density at radius 1 is 1.00 bits per heavy atom. The zero-order valence-electron chi connectivity index (χ0n) is 15.7. The maximum absolute atomic E-state index is 11.8. The first kappa shape index (κ1) is 24.6. The number of carbonyl (C=O) groups excluding carboxylic acids is 2. The molecule has 7 nitrogen and oxygen atoms in total. The van der Waals surface area contributed by atoms with Crippen molar-refractivity contribution in [2.24, 2.45) is 0 Å². The molecule has 0 aliphatic heterocycles. The average Bonchev–Trinajstić information content (AvgIpc) is 2.58. The highest BCUT2D eigenvalue weighted by Gasteiger charge is 2.35. The summed E-state index contributed by atoms with van der Waals surface area (Å²) in [5.41, 5.74) is 0. The summed E-state index contributed by atoms with van der Waals surface area (Å²) in [6.45, 7) is 5.48. The fraction of sp³-hybridized carbons (Fsp3) is 0.778. The van der Waals surface area contributed by atoms with Gasteiger partial charge in [-0.3, -0.25) is 14.1 Å². The molecule has 8 heteroatoms. The van der Waals surface area contributed by atoms with Crippen LogP contribution < -0.4 is 0 Å². The van der Waals surface area contributed by atoms with E-state index in [1.807, 2.05) is 0 Å². The molecule has 0 aliphatic carbocycles. The maximum atomic E-state index is 11.8. The molecule has 1 N–H and O–H groups in total.